The Morgan fingerprint density at radius 2 is 1.41 bits per heavy atom. The van der Waals surface area contributed by atoms with Crippen LogP contribution in [0.4, 0.5) is 13.2 Å². The van der Waals surface area contributed by atoms with E-state index in [0.717, 1.165) is 55.6 Å². The van der Waals surface area contributed by atoms with Crippen molar-refractivity contribution in [3.63, 3.8) is 0 Å². The summed E-state index contributed by atoms with van der Waals surface area (Å²) in [6, 6.07) is 16.4. The van der Waals surface area contributed by atoms with E-state index in [1.54, 1.807) is 18.2 Å². The van der Waals surface area contributed by atoms with E-state index in [1.807, 2.05) is 36.4 Å². The van der Waals surface area contributed by atoms with Gasteiger partial charge in [-0.2, -0.15) is 0 Å². The van der Waals surface area contributed by atoms with Crippen molar-refractivity contribution in [3.05, 3.63) is 94.3 Å². The molecule has 3 aromatic carbocycles. The van der Waals surface area contributed by atoms with Crippen LogP contribution in [0.5, 0.6) is 0 Å². The van der Waals surface area contributed by atoms with E-state index in [9.17, 15) is 4.39 Å². The number of hydrogen-bond donors (Lipinski definition) is 0. The summed E-state index contributed by atoms with van der Waals surface area (Å²) in [5.41, 5.74) is 4.13. The molecule has 3 aromatic rings. The summed E-state index contributed by atoms with van der Waals surface area (Å²) in [5, 5.41) is 0. The molecule has 0 bridgehead atoms. The predicted octanol–water partition coefficient (Wildman–Crippen LogP) is 8.31. The van der Waals surface area contributed by atoms with Crippen LogP contribution in [0.15, 0.2) is 54.6 Å². The molecule has 1 aliphatic carbocycles. The zero-order valence-corrected chi connectivity index (χ0v) is 19.6. The van der Waals surface area contributed by atoms with Gasteiger partial charge in [-0.3, -0.25) is 0 Å². The molecule has 1 heterocycles. The van der Waals surface area contributed by atoms with Gasteiger partial charge >= 0.3 is 0 Å². The van der Waals surface area contributed by atoms with Crippen molar-refractivity contribution in [1.29, 1.82) is 0 Å². The first-order valence-electron chi connectivity index (χ1n) is 12.5. The van der Waals surface area contributed by atoms with Gasteiger partial charge in [0.2, 0.25) is 0 Å². The Hall–Kier alpha value is -2.59. The maximum Gasteiger partial charge on any atom is 0.166 e. The minimum atomic E-state index is -0.752. The van der Waals surface area contributed by atoms with Gasteiger partial charge in [0.05, 0.1) is 6.61 Å². The van der Waals surface area contributed by atoms with Gasteiger partial charge < -0.3 is 4.74 Å². The van der Waals surface area contributed by atoms with Gasteiger partial charge in [0, 0.05) is 11.1 Å². The molecular weight excluding hydrogens is 433 g/mol. The van der Waals surface area contributed by atoms with Crippen molar-refractivity contribution in [3.8, 4) is 11.1 Å². The first-order valence-corrected chi connectivity index (χ1v) is 12.5. The molecule has 1 aliphatic heterocycles. The first kappa shape index (κ1) is 23.2. The lowest BCUT2D eigenvalue weighted by atomic mass is 9.77. The summed E-state index contributed by atoms with van der Waals surface area (Å²) in [5.74, 6) is -0.821. The van der Waals surface area contributed by atoms with Crippen LogP contribution in [0.2, 0.25) is 0 Å². The Labute approximate surface area is 200 Å². The summed E-state index contributed by atoms with van der Waals surface area (Å²) in [7, 11) is 0. The quantitative estimate of drug-likeness (QED) is 0.320. The Morgan fingerprint density at radius 3 is 2.06 bits per heavy atom. The fraction of sp³-hybridized carbons (Fsp3) is 0.400. The van der Waals surface area contributed by atoms with E-state index in [2.05, 4.69) is 6.92 Å². The second kappa shape index (κ2) is 9.95. The average Bonchev–Trinajstić information content (AvgIpc) is 3.70. The first-order chi connectivity index (χ1) is 16.5. The minimum Gasteiger partial charge on any atom is -0.368 e. The molecule has 1 atom stereocenters. The van der Waals surface area contributed by atoms with Crippen LogP contribution in [0.1, 0.15) is 73.3 Å². The lowest BCUT2D eigenvalue weighted by Gasteiger charge is -2.28. The number of halogens is 3. The number of benzene rings is 3. The van der Waals surface area contributed by atoms with E-state index in [1.165, 1.54) is 0 Å². The molecule has 178 valence electrons. The normalized spacial score (nSPS) is 22.1. The van der Waals surface area contributed by atoms with Crippen molar-refractivity contribution < 1.29 is 17.9 Å². The van der Waals surface area contributed by atoms with Crippen LogP contribution in [-0.4, -0.2) is 6.61 Å². The highest BCUT2D eigenvalue weighted by molar-refractivity contribution is 5.65. The van der Waals surface area contributed by atoms with Crippen molar-refractivity contribution in [2.45, 2.75) is 63.9 Å². The highest BCUT2D eigenvalue weighted by Crippen LogP contribution is 2.39. The molecule has 0 radical (unpaired) electrons. The third kappa shape index (κ3) is 4.93. The summed E-state index contributed by atoms with van der Waals surface area (Å²) < 4.78 is 49.4. The van der Waals surface area contributed by atoms with Gasteiger partial charge in [-0.05, 0) is 78.7 Å². The van der Waals surface area contributed by atoms with Crippen molar-refractivity contribution in [2.75, 3.05) is 6.61 Å². The summed E-state index contributed by atoms with van der Waals surface area (Å²) >= 11 is 0. The maximum atomic E-state index is 15.0. The van der Waals surface area contributed by atoms with Gasteiger partial charge in [0.25, 0.3) is 0 Å². The molecule has 1 saturated carbocycles. The van der Waals surface area contributed by atoms with Gasteiger partial charge in [0.15, 0.2) is 11.6 Å². The molecule has 2 aliphatic rings. The Balaban J connectivity index is 1.25. The molecule has 0 N–H and O–H groups in total. The van der Waals surface area contributed by atoms with Crippen LogP contribution in [0, 0.1) is 23.4 Å². The third-order valence-electron chi connectivity index (χ3n) is 7.69. The molecule has 4 heteroatoms. The fourth-order valence-electron chi connectivity index (χ4n) is 5.34. The second-order valence-electron chi connectivity index (χ2n) is 9.83. The van der Waals surface area contributed by atoms with Crippen LogP contribution in [-0.2, 0) is 17.6 Å². The molecule has 0 amide bonds. The second-order valence-corrected chi connectivity index (χ2v) is 9.83. The molecule has 34 heavy (non-hydrogen) atoms. The largest absolute Gasteiger partial charge is 0.368 e. The van der Waals surface area contributed by atoms with Gasteiger partial charge in [-0.15, -0.1) is 0 Å². The maximum absolute atomic E-state index is 15.0. The smallest absolute Gasteiger partial charge is 0.166 e. The van der Waals surface area contributed by atoms with E-state index >= 15 is 8.78 Å². The Bertz CT molecular complexity index is 1140. The van der Waals surface area contributed by atoms with E-state index in [0.29, 0.717) is 35.3 Å². The van der Waals surface area contributed by atoms with Gasteiger partial charge in [0.1, 0.15) is 11.9 Å². The van der Waals surface area contributed by atoms with Crippen LogP contribution in [0.25, 0.3) is 11.1 Å². The highest BCUT2D eigenvalue weighted by Gasteiger charge is 2.28. The number of epoxide rings is 1. The molecule has 0 spiro atoms. The molecular formula is C30H31F3O. The van der Waals surface area contributed by atoms with Gasteiger partial charge in [-0.25, -0.2) is 13.2 Å². The molecule has 1 nitrogen and oxygen atoms in total. The molecule has 0 aromatic heterocycles. The zero-order chi connectivity index (χ0) is 23.7. The van der Waals surface area contributed by atoms with Crippen LogP contribution in [0.3, 0.4) is 0 Å². The van der Waals surface area contributed by atoms with E-state index in [-0.39, 0.29) is 17.8 Å². The monoisotopic (exact) mass is 464 g/mol. The highest BCUT2D eigenvalue weighted by atomic mass is 19.2. The molecule has 2 fully saturated rings. The Morgan fingerprint density at radius 1 is 0.765 bits per heavy atom. The summed E-state index contributed by atoms with van der Waals surface area (Å²) in [4.78, 5) is 0. The Kier molecular flexibility index (Phi) is 6.78. The van der Waals surface area contributed by atoms with Crippen molar-refractivity contribution in [1.82, 2.24) is 0 Å². The molecule has 5 rings (SSSR count). The average molecular weight is 465 g/mol. The number of hydrogen-bond acceptors (Lipinski definition) is 1. The molecule has 1 saturated heterocycles. The SMILES string of the molecule is CCC1CCC(c2ccc(-c3ccc(CCc4ccc(C5CO5)c(F)c4)cc3)c(F)c2F)CC1. The lowest BCUT2D eigenvalue weighted by molar-refractivity contribution is 0.312. The van der Waals surface area contributed by atoms with Crippen LogP contribution < -0.4 is 0 Å². The van der Waals surface area contributed by atoms with E-state index < -0.39 is 11.6 Å². The van der Waals surface area contributed by atoms with Crippen molar-refractivity contribution >= 4 is 0 Å². The number of ether oxygens (including phenoxy) is 1. The lowest BCUT2D eigenvalue weighted by Crippen LogP contribution is -2.14. The van der Waals surface area contributed by atoms with Gasteiger partial charge in [-0.1, -0.05) is 61.9 Å². The topological polar surface area (TPSA) is 12.5 Å². The number of rotatable bonds is 7. The summed E-state index contributed by atoms with van der Waals surface area (Å²) in [6.07, 6.45) is 6.59. The summed E-state index contributed by atoms with van der Waals surface area (Å²) in [6.45, 7) is 2.79. The molecule has 1 unspecified atom stereocenters. The standard InChI is InChI=1S/C30H31F3O/c1-2-19-5-10-22(11-6-19)24-15-16-25(30(33)29(24)32)23-12-7-20(8-13-23)3-4-21-9-14-26(27(31)17-21)28-18-34-28/h7-9,12-17,19,22,28H,2-6,10-11,18H2,1H3. The fourth-order valence-corrected chi connectivity index (χ4v) is 5.34. The predicted molar refractivity (Wildman–Crippen MR) is 129 cm³/mol. The third-order valence-corrected chi connectivity index (χ3v) is 7.69. The minimum absolute atomic E-state index is 0.0861. The van der Waals surface area contributed by atoms with E-state index in [4.69, 9.17) is 4.74 Å². The van der Waals surface area contributed by atoms with Crippen LogP contribution >= 0.6 is 0 Å². The zero-order valence-electron chi connectivity index (χ0n) is 19.6. The van der Waals surface area contributed by atoms with Crippen molar-refractivity contribution in [2.24, 2.45) is 5.92 Å². The number of aryl methyl sites for hydroxylation is 2.